The Hall–Kier alpha value is -1.15. The van der Waals surface area contributed by atoms with Gasteiger partial charge in [-0.1, -0.05) is 6.92 Å². The molecule has 0 aromatic carbocycles. The van der Waals surface area contributed by atoms with E-state index in [-0.39, 0.29) is 30.7 Å². The smallest absolute Gasteiger partial charge is 0.351 e. The Labute approximate surface area is 110 Å². The van der Waals surface area contributed by atoms with Crippen LogP contribution in [0.1, 0.15) is 13.2 Å². The van der Waals surface area contributed by atoms with Gasteiger partial charge in [-0.3, -0.25) is 4.57 Å². The first-order valence-electron chi connectivity index (χ1n) is 5.33. The fourth-order valence-corrected chi connectivity index (χ4v) is 1.98. The SMILES string of the molecule is C[C@H]1[C@H](O)[C@@H](CO)O[C@H]1n1ccc(N)nc1=O.Cl. The maximum absolute atomic E-state index is 11.6. The van der Waals surface area contributed by atoms with Crippen LogP contribution >= 0.6 is 12.4 Å². The van der Waals surface area contributed by atoms with Crippen LogP contribution in [0, 0.1) is 5.92 Å². The Kier molecular flexibility index (Phi) is 4.69. The normalized spacial score (nSPS) is 31.1. The molecule has 4 N–H and O–H groups in total. The second kappa shape index (κ2) is 5.66. The zero-order valence-electron chi connectivity index (χ0n) is 9.76. The fraction of sp³-hybridized carbons (Fsp3) is 0.600. The Balaban J connectivity index is 0.00000162. The molecule has 1 aromatic rings. The minimum Gasteiger partial charge on any atom is -0.394 e. The van der Waals surface area contributed by atoms with Gasteiger partial charge in [0.1, 0.15) is 18.1 Å². The van der Waals surface area contributed by atoms with Crippen LogP contribution in [0.25, 0.3) is 0 Å². The van der Waals surface area contributed by atoms with Crippen LogP contribution < -0.4 is 11.4 Å². The van der Waals surface area contributed by atoms with E-state index in [1.807, 2.05) is 0 Å². The average Bonchev–Trinajstić information content (AvgIpc) is 2.57. The van der Waals surface area contributed by atoms with E-state index in [4.69, 9.17) is 15.6 Å². The first-order chi connectivity index (χ1) is 8.04. The molecule has 1 saturated heterocycles. The first-order valence-corrected chi connectivity index (χ1v) is 5.33. The predicted octanol–water partition coefficient (Wildman–Crippen LogP) is -0.866. The van der Waals surface area contributed by atoms with E-state index in [1.54, 1.807) is 6.92 Å². The molecular weight excluding hydrogens is 262 g/mol. The molecule has 1 aromatic heterocycles. The lowest BCUT2D eigenvalue weighted by molar-refractivity contribution is -0.0476. The topological polar surface area (TPSA) is 111 Å². The summed E-state index contributed by atoms with van der Waals surface area (Å²) in [6.45, 7) is 1.45. The van der Waals surface area contributed by atoms with Crippen molar-refractivity contribution >= 4 is 18.2 Å². The van der Waals surface area contributed by atoms with Gasteiger partial charge in [0.15, 0.2) is 0 Å². The molecule has 0 spiro atoms. The summed E-state index contributed by atoms with van der Waals surface area (Å²) in [5.74, 6) is -0.175. The highest BCUT2D eigenvalue weighted by molar-refractivity contribution is 5.85. The molecule has 4 atom stereocenters. The number of nitrogens with zero attached hydrogens (tertiary/aromatic N) is 2. The zero-order valence-corrected chi connectivity index (χ0v) is 10.6. The van der Waals surface area contributed by atoms with Crippen molar-refractivity contribution < 1.29 is 14.9 Å². The minimum absolute atomic E-state index is 0. The molecule has 0 radical (unpaired) electrons. The van der Waals surface area contributed by atoms with E-state index in [0.29, 0.717) is 0 Å². The molecule has 0 saturated carbocycles. The van der Waals surface area contributed by atoms with Gasteiger partial charge in [-0.2, -0.15) is 4.98 Å². The zero-order chi connectivity index (χ0) is 12.6. The predicted molar refractivity (Wildman–Crippen MR) is 66.3 cm³/mol. The average molecular weight is 278 g/mol. The van der Waals surface area contributed by atoms with Crippen molar-refractivity contribution in [3.8, 4) is 0 Å². The van der Waals surface area contributed by atoms with Gasteiger partial charge in [-0.15, -0.1) is 12.4 Å². The van der Waals surface area contributed by atoms with E-state index in [2.05, 4.69) is 4.98 Å². The number of aliphatic hydroxyl groups is 2. The van der Waals surface area contributed by atoms with Crippen molar-refractivity contribution in [3.05, 3.63) is 22.7 Å². The standard InChI is InChI=1S/C10H15N3O4.ClH/c1-5-8(15)6(4-14)17-9(5)13-3-2-7(11)12-10(13)16;/h2-3,5-6,8-9,14-15H,4H2,1H3,(H2,11,12,16);1H/t5-,6+,8-,9+;/m0./s1. The number of aliphatic hydroxyl groups excluding tert-OH is 2. The van der Waals surface area contributed by atoms with Crippen LogP contribution in [-0.2, 0) is 4.74 Å². The van der Waals surface area contributed by atoms with Crippen molar-refractivity contribution in [1.82, 2.24) is 9.55 Å². The maximum Gasteiger partial charge on any atom is 0.351 e. The van der Waals surface area contributed by atoms with Gasteiger partial charge in [-0.25, -0.2) is 4.79 Å². The molecule has 8 heteroatoms. The number of aromatic nitrogens is 2. The van der Waals surface area contributed by atoms with Crippen molar-refractivity contribution in [1.29, 1.82) is 0 Å². The molecule has 0 aliphatic carbocycles. The largest absolute Gasteiger partial charge is 0.394 e. The third-order valence-corrected chi connectivity index (χ3v) is 2.99. The molecule has 1 fully saturated rings. The van der Waals surface area contributed by atoms with Crippen LogP contribution in [0.2, 0.25) is 0 Å². The first kappa shape index (κ1) is 14.9. The molecule has 2 heterocycles. The fourth-order valence-electron chi connectivity index (χ4n) is 1.98. The van der Waals surface area contributed by atoms with Gasteiger partial charge >= 0.3 is 5.69 Å². The highest BCUT2D eigenvalue weighted by atomic mass is 35.5. The quantitative estimate of drug-likeness (QED) is 0.648. The van der Waals surface area contributed by atoms with E-state index < -0.39 is 24.1 Å². The molecule has 0 bridgehead atoms. The highest BCUT2D eigenvalue weighted by Gasteiger charge is 2.41. The van der Waals surface area contributed by atoms with Crippen LogP contribution in [0.3, 0.4) is 0 Å². The van der Waals surface area contributed by atoms with Gasteiger partial charge in [0.05, 0.1) is 12.7 Å². The molecule has 7 nitrogen and oxygen atoms in total. The monoisotopic (exact) mass is 277 g/mol. The van der Waals surface area contributed by atoms with Crippen LogP contribution in [0.5, 0.6) is 0 Å². The Morgan fingerprint density at radius 3 is 2.78 bits per heavy atom. The summed E-state index contributed by atoms with van der Waals surface area (Å²) in [4.78, 5) is 15.2. The number of anilines is 1. The van der Waals surface area contributed by atoms with Crippen LogP contribution in [-0.4, -0.2) is 38.6 Å². The summed E-state index contributed by atoms with van der Waals surface area (Å²) in [5.41, 5.74) is 4.85. The van der Waals surface area contributed by atoms with Gasteiger partial charge < -0.3 is 20.7 Å². The number of nitrogens with two attached hydrogens (primary N) is 1. The molecule has 1 aliphatic rings. The summed E-state index contributed by atoms with van der Waals surface area (Å²) in [7, 11) is 0. The van der Waals surface area contributed by atoms with Crippen molar-refractivity contribution in [2.45, 2.75) is 25.4 Å². The second-order valence-electron chi connectivity index (χ2n) is 4.14. The van der Waals surface area contributed by atoms with Crippen LogP contribution in [0.15, 0.2) is 17.1 Å². The van der Waals surface area contributed by atoms with Gasteiger partial charge in [-0.05, 0) is 6.07 Å². The number of rotatable bonds is 2. The minimum atomic E-state index is -0.811. The number of ether oxygens (including phenoxy) is 1. The summed E-state index contributed by atoms with van der Waals surface area (Å²) >= 11 is 0. The Morgan fingerprint density at radius 2 is 2.28 bits per heavy atom. The number of nitrogen functional groups attached to an aromatic ring is 1. The molecule has 18 heavy (non-hydrogen) atoms. The van der Waals surface area contributed by atoms with Crippen molar-refractivity contribution in [2.75, 3.05) is 12.3 Å². The summed E-state index contributed by atoms with van der Waals surface area (Å²) < 4.78 is 6.69. The summed E-state index contributed by atoms with van der Waals surface area (Å²) in [6, 6.07) is 1.48. The van der Waals surface area contributed by atoms with Gasteiger partial charge in [0.2, 0.25) is 0 Å². The lowest BCUT2D eigenvalue weighted by Crippen LogP contribution is -2.30. The number of hydrogen-bond donors (Lipinski definition) is 3. The van der Waals surface area contributed by atoms with E-state index >= 15 is 0 Å². The van der Waals surface area contributed by atoms with Crippen molar-refractivity contribution in [2.24, 2.45) is 5.92 Å². The van der Waals surface area contributed by atoms with E-state index in [9.17, 15) is 9.90 Å². The second-order valence-corrected chi connectivity index (χ2v) is 4.14. The molecule has 0 amide bonds. The molecule has 0 unspecified atom stereocenters. The van der Waals surface area contributed by atoms with E-state index in [0.717, 1.165) is 0 Å². The van der Waals surface area contributed by atoms with Crippen molar-refractivity contribution in [3.63, 3.8) is 0 Å². The molecule has 102 valence electrons. The summed E-state index contributed by atoms with van der Waals surface area (Å²) in [6.07, 6.45) is -0.658. The lowest BCUT2D eigenvalue weighted by atomic mass is 10.0. The van der Waals surface area contributed by atoms with Gasteiger partial charge in [0.25, 0.3) is 0 Å². The van der Waals surface area contributed by atoms with Crippen LogP contribution in [0.4, 0.5) is 5.82 Å². The number of halogens is 1. The third kappa shape index (κ3) is 2.49. The Morgan fingerprint density at radius 1 is 1.61 bits per heavy atom. The molecule has 1 aliphatic heterocycles. The third-order valence-electron chi connectivity index (χ3n) is 2.99. The summed E-state index contributed by atoms with van der Waals surface area (Å²) in [5, 5.41) is 18.8. The highest BCUT2D eigenvalue weighted by Crippen LogP contribution is 2.33. The molecular formula is C10H16ClN3O4. The van der Waals surface area contributed by atoms with E-state index in [1.165, 1.54) is 16.8 Å². The Bertz CT molecular complexity index is 467. The lowest BCUT2D eigenvalue weighted by Gasteiger charge is -2.17. The van der Waals surface area contributed by atoms with Gasteiger partial charge in [0, 0.05) is 12.1 Å². The maximum atomic E-state index is 11.6. The molecule has 2 rings (SSSR count). The number of hydrogen-bond acceptors (Lipinski definition) is 6.